The topological polar surface area (TPSA) is 76.2 Å². The molecule has 0 aliphatic rings. The SMILES string of the molecule is Cc1nccc(CN=C(N)Nc2cccc(C(C)C)c2)n1. The van der Waals surface area contributed by atoms with Crippen LogP contribution < -0.4 is 11.1 Å². The van der Waals surface area contributed by atoms with Crippen LogP contribution in [0.2, 0.25) is 0 Å². The number of hydrogen-bond donors (Lipinski definition) is 2. The molecule has 1 aromatic heterocycles. The van der Waals surface area contributed by atoms with Crippen molar-refractivity contribution in [2.24, 2.45) is 10.7 Å². The van der Waals surface area contributed by atoms with Gasteiger partial charge in [-0.1, -0.05) is 26.0 Å². The van der Waals surface area contributed by atoms with Crippen molar-refractivity contribution in [2.75, 3.05) is 5.32 Å². The highest BCUT2D eigenvalue weighted by atomic mass is 15.1. The molecule has 0 radical (unpaired) electrons. The lowest BCUT2D eigenvalue weighted by molar-refractivity contribution is 0.867. The van der Waals surface area contributed by atoms with Crippen molar-refractivity contribution in [3.05, 3.63) is 53.6 Å². The van der Waals surface area contributed by atoms with E-state index in [2.05, 4.69) is 46.3 Å². The second-order valence-corrected chi connectivity index (χ2v) is 5.20. The van der Waals surface area contributed by atoms with Crippen molar-refractivity contribution < 1.29 is 0 Å². The summed E-state index contributed by atoms with van der Waals surface area (Å²) in [5.74, 6) is 1.60. The van der Waals surface area contributed by atoms with E-state index < -0.39 is 0 Å². The number of anilines is 1. The summed E-state index contributed by atoms with van der Waals surface area (Å²) in [6, 6.07) is 10.0. The quantitative estimate of drug-likeness (QED) is 0.668. The van der Waals surface area contributed by atoms with Crippen LogP contribution in [-0.2, 0) is 6.54 Å². The fraction of sp³-hybridized carbons (Fsp3) is 0.312. The van der Waals surface area contributed by atoms with E-state index in [1.165, 1.54) is 5.56 Å². The molecule has 0 atom stereocenters. The first-order chi connectivity index (χ1) is 10.0. The highest BCUT2D eigenvalue weighted by Crippen LogP contribution is 2.18. The largest absolute Gasteiger partial charge is 0.370 e. The predicted molar refractivity (Wildman–Crippen MR) is 86.2 cm³/mol. The smallest absolute Gasteiger partial charge is 0.193 e. The van der Waals surface area contributed by atoms with Gasteiger partial charge in [0.05, 0.1) is 12.2 Å². The maximum atomic E-state index is 5.91. The van der Waals surface area contributed by atoms with Crippen LogP contribution >= 0.6 is 0 Å². The van der Waals surface area contributed by atoms with E-state index in [0.717, 1.165) is 17.2 Å². The zero-order valence-corrected chi connectivity index (χ0v) is 12.7. The molecule has 5 nitrogen and oxygen atoms in total. The molecule has 0 fully saturated rings. The monoisotopic (exact) mass is 283 g/mol. The molecule has 21 heavy (non-hydrogen) atoms. The van der Waals surface area contributed by atoms with Gasteiger partial charge in [0.1, 0.15) is 5.82 Å². The van der Waals surface area contributed by atoms with E-state index in [1.807, 2.05) is 25.1 Å². The minimum atomic E-state index is 0.382. The fourth-order valence-corrected chi connectivity index (χ4v) is 1.92. The Kier molecular flexibility index (Phi) is 4.87. The average Bonchev–Trinajstić information content (AvgIpc) is 2.45. The third-order valence-electron chi connectivity index (χ3n) is 3.07. The van der Waals surface area contributed by atoms with Gasteiger partial charge in [-0.2, -0.15) is 0 Å². The molecule has 1 aromatic carbocycles. The lowest BCUT2D eigenvalue weighted by atomic mass is 10.0. The number of nitrogens with zero attached hydrogens (tertiary/aromatic N) is 3. The molecular weight excluding hydrogens is 262 g/mol. The van der Waals surface area contributed by atoms with Gasteiger partial charge in [0.2, 0.25) is 0 Å². The number of guanidine groups is 1. The van der Waals surface area contributed by atoms with Crippen LogP contribution in [0.1, 0.15) is 36.8 Å². The van der Waals surface area contributed by atoms with Gasteiger partial charge in [-0.3, -0.25) is 0 Å². The van der Waals surface area contributed by atoms with Crippen LogP contribution in [0.5, 0.6) is 0 Å². The molecule has 2 rings (SSSR count). The molecule has 0 aliphatic heterocycles. The number of aliphatic imine (C=N–C) groups is 1. The van der Waals surface area contributed by atoms with Gasteiger partial charge < -0.3 is 11.1 Å². The van der Waals surface area contributed by atoms with E-state index in [9.17, 15) is 0 Å². The predicted octanol–water partition coefficient (Wildman–Crippen LogP) is 2.84. The number of hydrogen-bond acceptors (Lipinski definition) is 3. The first-order valence-electron chi connectivity index (χ1n) is 7.00. The highest BCUT2D eigenvalue weighted by Gasteiger charge is 2.01. The zero-order chi connectivity index (χ0) is 15.2. The number of aromatic nitrogens is 2. The van der Waals surface area contributed by atoms with Crippen molar-refractivity contribution in [3.63, 3.8) is 0 Å². The van der Waals surface area contributed by atoms with Crippen molar-refractivity contribution >= 4 is 11.6 Å². The molecule has 3 N–H and O–H groups in total. The van der Waals surface area contributed by atoms with Crippen LogP contribution in [0.15, 0.2) is 41.5 Å². The molecule has 5 heteroatoms. The number of nitrogens with one attached hydrogen (secondary N) is 1. The summed E-state index contributed by atoms with van der Waals surface area (Å²) in [5, 5.41) is 3.11. The average molecular weight is 283 g/mol. The molecule has 110 valence electrons. The Morgan fingerprint density at radius 3 is 2.86 bits per heavy atom. The Morgan fingerprint density at radius 1 is 1.33 bits per heavy atom. The lowest BCUT2D eigenvalue weighted by Gasteiger charge is -2.10. The van der Waals surface area contributed by atoms with Gasteiger partial charge in [-0.25, -0.2) is 15.0 Å². The maximum absolute atomic E-state index is 5.91. The Labute approximate surface area is 125 Å². The Hall–Kier alpha value is -2.43. The van der Waals surface area contributed by atoms with Crippen LogP contribution in [0.3, 0.4) is 0 Å². The molecule has 0 bridgehead atoms. The highest BCUT2D eigenvalue weighted by molar-refractivity contribution is 5.92. The summed E-state index contributed by atoms with van der Waals surface area (Å²) in [6.07, 6.45) is 1.73. The Morgan fingerprint density at radius 2 is 2.14 bits per heavy atom. The first kappa shape index (κ1) is 15.0. The Bertz CT molecular complexity index is 634. The van der Waals surface area contributed by atoms with Gasteiger partial charge in [-0.15, -0.1) is 0 Å². The first-order valence-corrected chi connectivity index (χ1v) is 7.00. The van der Waals surface area contributed by atoms with Crippen molar-refractivity contribution in [2.45, 2.75) is 33.2 Å². The van der Waals surface area contributed by atoms with Crippen molar-refractivity contribution in [1.29, 1.82) is 0 Å². The standard InChI is InChI=1S/C16H21N5/c1-11(2)13-5-4-6-14(9-13)21-16(17)19-10-15-7-8-18-12(3)20-15/h4-9,11H,10H2,1-3H3,(H3,17,19,21). The number of nitrogens with two attached hydrogens (primary N) is 1. The van der Waals surface area contributed by atoms with Crippen molar-refractivity contribution in [1.82, 2.24) is 9.97 Å². The summed E-state index contributed by atoms with van der Waals surface area (Å²) in [6.45, 7) is 6.61. The van der Waals surface area contributed by atoms with E-state index >= 15 is 0 Å². The van der Waals surface area contributed by atoms with Crippen LogP contribution in [0, 0.1) is 6.92 Å². The van der Waals surface area contributed by atoms with Gasteiger partial charge in [0.15, 0.2) is 5.96 Å². The van der Waals surface area contributed by atoms with Crippen LogP contribution in [-0.4, -0.2) is 15.9 Å². The lowest BCUT2D eigenvalue weighted by Crippen LogP contribution is -2.22. The van der Waals surface area contributed by atoms with Crippen LogP contribution in [0.4, 0.5) is 5.69 Å². The van der Waals surface area contributed by atoms with Gasteiger partial charge in [0.25, 0.3) is 0 Å². The number of aryl methyl sites for hydroxylation is 1. The third kappa shape index (κ3) is 4.56. The van der Waals surface area contributed by atoms with Gasteiger partial charge >= 0.3 is 0 Å². The second kappa shape index (κ2) is 6.83. The Balaban J connectivity index is 2.02. The molecule has 0 saturated carbocycles. The molecule has 2 aromatic rings. The summed E-state index contributed by atoms with van der Waals surface area (Å²) in [7, 11) is 0. The summed E-state index contributed by atoms with van der Waals surface area (Å²) >= 11 is 0. The zero-order valence-electron chi connectivity index (χ0n) is 12.7. The minimum Gasteiger partial charge on any atom is -0.370 e. The van der Waals surface area contributed by atoms with Gasteiger partial charge in [0, 0.05) is 11.9 Å². The molecule has 0 aliphatic carbocycles. The van der Waals surface area contributed by atoms with Crippen molar-refractivity contribution in [3.8, 4) is 0 Å². The summed E-state index contributed by atoms with van der Waals surface area (Å²) < 4.78 is 0. The molecular formula is C16H21N5. The number of rotatable bonds is 4. The fourth-order valence-electron chi connectivity index (χ4n) is 1.92. The molecule has 0 spiro atoms. The van der Waals surface area contributed by atoms with E-state index in [4.69, 9.17) is 5.73 Å². The maximum Gasteiger partial charge on any atom is 0.193 e. The van der Waals surface area contributed by atoms with E-state index in [1.54, 1.807) is 6.20 Å². The second-order valence-electron chi connectivity index (χ2n) is 5.20. The van der Waals surface area contributed by atoms with E-state index in [0.29, 0.717) is 18.4 Å². The molecule has 1 heterocycles. The summed E-state index contributed by atoms with van der Waals surface area (Å²) in [4.78, 5) is 12.6. The normalized spacial score (nSPS) is 11.7. The number of benzene rings is 1. The molecule has 0 unspecified atom stereocenters. The van der Waals surface area contributed by atoms with Gasteiger partial charge in [-0.05, 0) is 36.6 Å². The molecule has 0 amide bonds. The van der Waals surface area contributed by atoms with E-state index in [-0.39, 0.29) is 0 Å². The summed E-state index contributed by atoms with van der Waals surface area (Å²) in [5.41, 5.74) is 8.97. The third-order valence-corrected chi connectivity index (χ3v) is 3.07. The van der Waals surface area contributed by atoms with Crippen LogP contribution in [0.25, 0.3) is 0 Å². The minimum absolute atomic E-state index is 0.382. The molecule has 0 saturated heterocycles.